The number of phenols is 6. The number of hydrogen-bond acceptors (Lipinski definition) is 11. The number of nitrogens with zero attached hydrogens (tertiary/aromatic N) is 1. The number of Topliss-reactive ketones (excluding diaryl/α,β-unsaturated/α-hetero) is 2. The highest BCUT2D eigenvalue weighted by Crippen LogP contribution is 2.39. The van der Waals surface area contributed by atoms with Crippen LogP contribution in [0, 0.1) is 0 Å². The minimum Gasteiger partial charge on any atom is -0.504 e. The summed E-state index contributed by atoms with van der Waals surface area (Å²) in [6.45, 7) is -1.42. The quantitative estimate of drug-likeness (QED) is 0.173. The number of aromatic hydroxyl groups is 6. The molecule has 0 spiro atoms. The molecule has 11 heteroatoms. The first-order chi connectivity index (χ1) is 16.6. The average Bonchev–Trinajstić information content (AvgIpc) is 2.84. The van der Waals surface area contributed by atoms with Crippen molar-refractivity contribution in [3.63, 3.8) is 0 Å². The van der Waals surface area contributed by atoms with Crippen LogP contribution in [0.1, 0.15) is 26.3 Å². The van der Waals surface area contributed by atoms with Crippen molar-refractivity contribution in [3.8, 4) is 40.2 Å². The van der Waals surface area contributed by atoms with Crippen molar-refractivity contribution < 1.29 is 50.1 Å². The lowest BCUT2D eigenvalue weighted by Crippen LogP contribution is -2.35. The SMILES string of the molecule is COc1cc(CO)cc(N(CC(=O)c2ccc(O)c(O)c2O)CC(=O)c2ccc(O)c(O)c2O)c1. The Morgan fingerprint density at radius 1 is 0.743 bits per heavy atom. The van der Waals surface area contributed by atoms with Gasteiger partial charge in [0.15, 0.2) is 34.6 Å². The summed E-state index contributed by atoms with van der Waals surface area (Å²) in [4.78, 5) is 27.3. The third-order valence-corrected chi connectivity index (χ3v) is 5.26. The zero-order valence-electron chi connectivity index (χ0n) is 18.5. The average molecular weight is 485 g/mol. The summed E-state index contributed by atoms with van der Waals surface area (Å²) in [6, 6.07) is 8.75. The first-order valence-electron chi connectivity index (χ1n) is 10.1. The summed E-state index contributed by atoms with van der Waals surface area (Å²) in [6.07, 6.45) is 0. The molecule has 0 aliphatic rings. The van der Waals surface area contributed by atoms with Gasteiger partial charge >= 0.3 is 0 Å². The molecule has 0 unspecified atom stereocenters. The largest absolute Gasteiger partial charge is 0.504 e. The van der Waals surface area contributed by atoms with Crippen molar-refractivity contribution in [2.45, 2.75) is 6.61 Å². The van der Waals surface area contributed by atoms with E-state index in [9.17, 15) is 45.3 Å². The maximum Gasteiger partial charge on any atom is 0.201 e. The van der Waals surface area contributed by atoms with Gasteiger partial charge in [-0.3, -0.25) is 9.59 Å². The van der Waals surface area contributed by atoms with Crippen LogP contribution in [0.5, 0.6) is 40.2 Å². The molecule has 3 aromatic carbocycles. The number of phenolic OH excluding ortho intramolecular Hbond substituents is 6. The van der Waals surface area contributed by atoms with Crippen LogP contribution < -0.4 is 9.64 Å². The van der Waals surface area contributed by atoms with E-state index in [4.69, 9.17) is 4.74 Å². The van der Waals surface area contributed by atoms with E-state index >= 15 is 0 Å². The smallest absolute Gasteiger partial charge is 0.201 e. The van der Waals surface area contributed by atoms with Gasteiger partial charge in [-0.1, -0.05) is 0 Å². The summed E-state index contributed by atoms with van der Waals surface area (Å²) in [5.41, 5.74) is 0.0147. The maximum absolute atomic E-state index is 13.0. The molecule has 0 atom stereocenters. The van der Waals surface area contributed by atoms with Gasteiger partial charge in [-0.25, -0.2) is 0 Å². The Balaban J connectivity index is 2.03. The van der Waals surface area contributed by atoms with E-state index in [0.717, 1.165) is 24.3 Å². The molecule has 3 rings (SSSR count). The normalized spacial score (nSPS) is 10.7. The van der Waals surface area contributed by atoms with Crippen molar-refractivity contribution in [2.24, 2.45) is 0 Å². The molecule has 11 nitrogen and oxygen atoms in total. The van der Waals surface area contributed by atoms with Crippen LogP contribution in [0.4, 0.5) is 5.69 Å². The van der Waals surface area contributed by atoms with Crippen molar-refractivity contribution in [1.29, 1.82) is 0 Å². The van der Waals surface area contributed by atoms with Crippen molar-refractivity contribution in [1.82, 2.24) is 0 Å². The van der Waals surface area contributed by atoms with Gasteiger partial charge in [0, 0.05) is 11.8 Å². The van der Waals surface area contributed by atoms with Gasteiger partial charge in [0.1, 0.15) is 5.75 Å². The van der Waals surface area contributed by atoms with Gasteiger partial charge in [0.2, 0.25) is 11.5 Å². The minimum atomic E-state index is -0.882. The van der Waals surface area contributed by atoms with E-state index in [1.54, 1.807) is 6.07 Å². The van der Waals surface area contributed by atoms with Crippen LogP contribution in [-0.2, 0) is 6.61 Å². The molecular weight excluding hydrogens is 462 g/mol. The van der Waals surface area contributed by atoms with E-state index < -0.39 is 59.2 Å². The Morgan fingerprint density at radius 2 is 1.23 bits per heavy atom. The number of benzene rings is 3. The Kier molecular flexibility index (Phi) is 7.21. The predicted molar refractivity (Wildman–Crippen MR) is 123 cm³/mol. The van der Waals surface area contributed by atoms with Crippen LogP contribution in [0.15, 0.2) is 42.5 Å². The Bertz CT molecular complexity index is 1190. The second-order valence-electron chi connectivity index (χ2n) is 7.56. The summed E-state index contributed by atoms with van der Waals surface area (Å²) in [7, 11) is 1.38. The first kappa shape index (κ1) is 25.0. The lowest BCUT2D eigenvalue weighted by Gasteiger charge is -2.25. The molecule has 0 bridgehead atoms. The number of ketones is 2. The first-order valence-corrected chi connectivity index (χ1v) is 10.1. The summed E-state index contributed by atoms with van der Waals surface area (Å²) < 4.78 is 5.21. The molecule has 184 valence electrons. The van der Waals surface area contributed by atoms with Gasteiger partial charge in [-0.2, -0.15) is 0 Å². The zero-order valence-corrected chi connectivity index (χ0v) is 18.5. The fraction of sp³-hybridized carbons (Fsp3) is 0.167. The fourth-order valence-electron chi connectivity index (χ4n) is 3.38. The van der Waals surface area contributed by atoms with E-state index in [1.165, 1.54) is 24.1 Å². The molecule has 0 radical (unpaired) electrons. The molecule has 0 aliphatic heterocycles. The second kappa shape index (κ2) is 10.1. The van der Waals surface area contributed by atoms with Crippen LogP contribution in [0.25, 0.3) is 0 Å². The minimum absolute atomic E-state index is 0.264. The molecule has 0 amide bonds. The van der Waals surface area contributed by atoms with Crippen LogP contribution >= 0.6 is 0 Å². The van der Waals surface area contributed by atoms with Crippen molar-refractivity contribution in [2.75, 3.05) is 25.1 Å². The maximum atomic E-state index is 13.0. The highest BCUT2D eigenvalue weighted by molar-refractivity contribution is 6.06. The Morgan fingerprint density at radius 3 is 1.66 bits per heavy atom. The van der Waals surface area contributed by atoms with E-state index in [-0.39, 0.29) is 23.4 Å². The number of ether oxygens (including phenoxy) is 1. The van der Waals surface area contributed by atoms with Crippen molar-refractivity contribution >= 4 is 17.3 Å². The van der Waals surface area contributed by atoms with E-state index in [1.807, 2.05) is 0 Å². The number of aliphatic hydroxyl groups excluding tert-OH is 1. The topological polar surface area (TPSA) is 188 Å². The number of anilines is 1. The Labute approximate surface area is 198 Å². The van der Waals surface area contributed by atoms with Gasteiger partial charge < -0.3 is 45.4 Å². The standard InChI is InChI=1S/C24H23NO10/c1-35-14-7-12(11-26)6-13(8-14)25(9-19(29)15-2-4-17(27)23(33)21(15)31)10-20(30)16-3-5-18(28)24(34)22(16)32/h2-8,26-28,31-34H,9-11H2,1H3. The molecule has 0 aromatic heterocycles. The number of hydrogen-bond donors (Lipinski definition) is 7. The van der Waals surface area contributed by atoms with Crippen molar-refractivity contribution in [3.05, 3.63) is 59.2 Å². The van der Waals surface area contributed by atoms with E-state index in [0.29, 0.717) is 11.3 Å². The molecule has 0 saturated carbocycles. The van der Waals surface area contributed by atoms with Gasteiger partial charge in [-0.15, -0.1) is 0 Å². The monoisotopic (exact) mass is 485 g/mol. The summed E-state index contributed by atoms with van der Waals surface area (Å²) in [5.74, 6) is -5.88. The van der Waals surface area contributed by atoms with Crippen LogP contribution in [0.2, 0.25) is 0 Å². The number of carbonyl (C=O) groups is 2. The molecule has 0 fully saturated rings. The van der Waals surface area contributed by atoms with Gasteiger partial charge in [0.25, 0.3) is 0 Å². The van der Waals surface area contributed by atoms with Crippen LogP contribution in [-0.4, -0.2) is 67.5 Å². The zero-order chi connectivity index (χ0) is 25.9. The van der Waals surface area contributed by atoms with E-state index in [2.05, 4.69) is 0 Å². The summed E-state index contributed by atoms with van der Waals surface area (Å²) >= 11 is 0. The second-order valence-corrected chi connectivity index (χ2v) is 7.56. The lowest BCUT2D eigenvalue weighted by atomic mass is 10.0. The Hall–Kier alpha value is -4.64. The number of carbonyl (C=O) groups excluding carboxylic acids is 2. The summed E-state index contributed by atoms with van der Waals surface area (Å²) in [5, 5.41) is 68.3. The fourth-order valence-corrected chi connectivity index (χ4v) is 3.38. The molecular formula is C24H23NO10. The van der Waals surface area contributed by atoms with Crippen LogP contribution in [0.3, 0.4) is 0 Å². The predicted octanol–water partition coefficient (Wildman–Crippen LogP) is 1.99. The molecule has 3 aromatic rings. The lowest BCUT2D eigenvalue weighted by molar-refractivity contribution is 0.0981. The third-order valence-electron chi connectivity index (χ3n) is 5.26. The van der Waals surface area contributed by atoms with Gasteiger partial charge in [-0.05, 0) is 42.0 Å². The molecule has 0 saturated heterocycles. The molecule has 0 heterocycles. The highest BCUT2D eigenvalue weighted by Gasteiger charge is 2.24. The molecule has 0 aliphatic carbocycles. The number of methoxy groups -OCH3 is 1. The molecule has 35 heavy (non-hydrogen) atoms. The highest BCUT2D eigenvalue weighted by atomic mass is 16.5. The number of rotatable bonds is 9. The molecule has 7 N–H and O–H groups in total. The number of aliphatic hydroxyl groups is 1. The van der Waals surface area contributed by atoms with Gasteiger partial charge in [0.05, 0.1) is 37.9 Å². The third kappa shape index (κ3) is 5.14.